The van der Waals surface area contributed by atoms with E-state index in [0.717, 1.165) is 6.54 Å². The monoisotopic (exact) mass is 227 g/mol. The Kier molecular flexibility index (Phi) is 5.42. The Morgan fingerprint density at radius 3 is 2.75 bits per heavy atom. The molecule has 0 saturated carbocycles. The molecule has 1 rings (SSSR count). The minimum absolute atomic E-state index is 0.211. The Bertz CT molecular complexity index is 301. The minimum atomic E-state index is 0.211. The summed E-state index contributed by atoms with van der Waals surface area (Å²) in [7, 11) is 0. The highest BCUT2D eigenvalue weighted by Gasteiger charge is 2.19. The summed E-state index contributed by atoms with van der Waals surface area (Å²) in [5, 5.41) is 7.22. The molecule has 0 bridgehead atoms. The summed E-state index contributed by atoms with van der Waals surface area (Å²) in [5.41, 5.74) is 0. The van der Waals surface area contributed by atoms with Gasteiger partial charge in [0.2, 0.25) is 5.89 Å². The third kappa shape index (κ3) is 3.57. The zero-order valence-electron chi connectivity index (χ0n) is 10.5. The van der Waals surface area contributed by atoms with E-state index in [1.165, 1.54) is 0 Å². The molecule has 1 N–H and O–H groups in total. The summed E-state index contributed by atoms with van der Waals surface area (Å²) in [6.07, 6.45) is 0. The van der Waals surface area contributed by atoms with Crippen LogP contribution in [0.2, 0.25) is 0 Å². The second-order valence-electron chi connectivity index (χ2n) is 3.82. The Balaban J connectivity index is 2.55. The van der Waals surface area contributed by atoms with Crippen molar-refractivity contribution >= 4 is 0 Å². The predicted molar refractivity (Wildman–Crippen MR) is 61.2 cm³/mol. The Morgan fingerprint density at radius 1 is 1.38 bits per heavy atom. The van der Waals surface area contributed by atoms with Crippen molar-refractivity contribution in [2.24, 2.45) is 0 Å². The largest absolute Gasteiger partial charge is 0.374 e. The molecule has 0 fully saturated rings. The van der Waals surface area contributed by atoms with Crippen molar-refractivity contribution in [1.82, 2.24) is 15.5 Å². The number of nitrogens with one attached hydrogen (secondary N) is 1. The molecule has 1 aromatic heterocycles. The summed E-state index contributed by atoms with van der Waals surface area (Å²) in [4.78, 5) is 4.31. The molecule has 2 unspecified atom stereocenters. The summed E-state index contributed by atoms with van der Waals surface area (Å²) >= 11 is 0. The van der Waals surface area contributed by atoms with Crippen molar-refractivity contribution in [3.63, 3.8) is 0 Å². The van der Waals surface area contributed by atoms with Gasteiger partial charge in [-0.05, 0) is 20.4 Å². The van der Waals surface area contributed by atoms with Crippen LogP contribution in [-0.4, -0.2) is 29.3 Å². The topological polar surface area (TPSA) is 60.2 Å². The predicted octanol–water partition coefficient (Wildman–Crippen LogP) is 1.71. The molecule has 5 heteroatoms. The molecule has 0 amide bonds. The van der Waals surface area contributed by atoms with Crippen molar-refractivity contribution in [1.29, 1.82) is 0 Å². The Morgan fingerprint density at radius 2 is 2.12 bits per heavy atom. The quantitative estimate of drug-likeness (QED) is 0.768. The average molecular weight is 227 g/mol. The van der Waals surface area contributed by atoms with Crippen LogP contribution in [0, 0.1) is 0 Å². The molecule has 2 atom stereocenters. The molecule has 1 heterocycles. The van der Waals surface area contributed by atoms with E-state index in [0.29, 0.717) is 31.0 Å². The lowest BCUT2D eigenvalue weighted by molar-refractivity contribution is 0.126. The first-order valence-electron chi connectivity index (χ1n) is 5.82. The highest BCUT2D eigenvalue weighted by Crippen LogP contribution is 2.17. The van der Waals surface area contributed by atoms with Gasteiger partial charge < -0.3 is 14.6 Å². The van der Waals surface area contributed by atoms with E-state index in [4.69, 9.17) is 9.26 Å². The van der Waals surface area contributed by atoms with Crippen LogP contribution < -0.4 is 5.32 Å². The fourth-order valence-electron chi connectivity index (χ4n) is 1.42. The van der Waals surface area contributed by atoms with Crippen molar-refractivity contribution in [3.8, 4) is 0 Å². The maximum Gasteiger partial charge on any atom is 0.231 e. The van der Waals surface area contributed by atoms with E-state index in [1.54, 1.807) is 0 Å². The van der Waals surface area contributed by atoms with Crippen LogP contribution in [0.15, 0.2) is 4.52 Å². The second kappa shape index (κ2) is 6.60. The zero-order chi connectivity index (χ0) is 12.0. The molecule has 0 saturated heterocycles. The summed E-state index contributed by atoms with van der Waals surface area (Å²) in [6.45, 7) is 10.2. The van der Waals surface area contributed by atoms with Crippen LogP contribution in [0.1, 0.15) is 45.3 Å². The molecular weight excluding hydrogens is 206 g/mol. The molecule has 5 nitrogen and oxygen atoms in total. The van der Waals surface area contributed by atoms with Gasteiger partial charge in [-0.25, -0.2) is 0 Å². The van der Waals surface area contributed by atoms with Crippen LogP contribution in [0.4, 0.5) is 0 Å². The molecule has 0 spiro atoms. The van der Waals surface area contributed by atoms with Crippen LogP contribution in [0.5, 0.6) is 0 Å². The van der Waals surface area contributed by atoms with E-state index in [2.05, 4.69) is 36.2 Å². The number of ether oxygens (including phenoxy) is 1. The first kappa shape index (κ1) is 13.1. The number of hydrogen-bond donors (Lipinski definition) is 1. The molecular formula is C11H21N3O2. The van der Waals surface area contributed by atoms with Crippen LogP contribution in [-0.2, 0) is 11.3 Å². The molecule has 92 valence electrons. The van der Waals surface area contributed by atoms with Gasteiger partial charge in [-0.1, -0.05) is 19.0 Å². The van der Waals surface area contributed by atoms with E-state index < -0.39 is 0 Å². The minimum Gasteiger partial charge on any atom is -0.374 e. The van der Waals surface area contributed by atoms with E-state index in [1.807, 2.05) is 6.92 Å². The zero-order valence-corrected chi connectivity index (χ0v) is 10.5. The van der Waals surface area contributed by atoms with E-state index >= 15 is 0 Å². The van der Waals surface area contributed by atoms with Crippen LogP contribution in [0.3, 0.4) is 0 Å². The Labute approximate surface area is 96.6 Å². The molecule has 16 heavy (non-hydrogen) atoms. The van der Waals surface area contributed by atoms with Gasteiger partial charge in [0.15, 0.2) is 5.82 Å². The molecule has 0 aliphatic rings. The number of nitrogens with zero attached hydrogens (tertiary/aromatic N) is 2. The van der Waals surface area contributed by atoms with Gasteiger partial charge in [-0.2, -0.15) is 4.98 Å². The number of hydrogen-bond acceptors (Lipinski definition) is 5. The number of likely N-dealkylation sites (N-methyl/N-ethyl adjacent to an activating group) is 1. The highest BCUT2D eigenvalue weighted by molar-refractivity contribution is 4.95. The smallest absolute Gasteiger partial charge is 0.231 e. The Hall–Kier alpha value is -0.940. The van der Waals surface area contributed by atoms with Gasteiger partial charge in [0, 0.05) is 12.6 Å². The first-order chi connectivity index (χ1) is 7.69. The highest BCUT2D eigenvalue weighted by atomic mass is 16.5. The van der Waals surface area contributed by atoms with Crippen molar-refractivity contribution in [2.45, 2.75) is 46.3 Å². The van der Waals surface area contributed by atoms with Crippen LogP contribution in [0.25, 0.3) is 0 Å². The lowest BCUT2D eigenvalue weighted by atomic mass is 10.0. The maximum atomic E-state index is 5.22. The van der Waals surface area contributed by atoms with Gasteiger partial charge in [-0.3, -0.25) is 0 Å². The third-order valence-electron chi connectivity index (χ3n) is 2.58. The van der Waals surface area contributed by atoms with Gasteiger partial charge in [-0.15, -0.1) is 0 Å². The van der Waals surface area contributed by atoms with Gasteiger partial charge in [0.05, 0.1) is 5.92 Å². The summed E-state index contributed by atoms with van der Waals surface area (Å²) in [5.74, 6) is 1.50. The fraction of sp³-hybridized carbons (Fsp3) is 0.818. The lowest BCUT2D eigenvalue weighted by Gasteiger charge is -2.16. The van der Waals surface area contributed by atoms with Crippen molar-refractivity contribution < 1.29 is 9.26 Å². The number of rotatable bonds is 7. The maximum absolute atomic E-state index is 5.22. The van der Waals surface area contributed by atoms with Gasteiger partial charge in [0.25, 0.3) is 0 Å². The summed E-state index contributed by atoms with van der Waals surface area (Å²) < 4.78 is 10.4. The van der Waals surface area contributed by atoms with Crippen molar-refractivity contribution in [2.75, 3.05) is 13.2 Å². The summed E-state index contributed by atoms with van der Waals surface area (Å²) in [6, 6.07) is 0.324. The standard InChI is InChI=1S/C11H21N3O2/c1-5-12-9(4)8(3)11-13-10(14-16-11)7-15-6-2/h8-9,12H,5-7H2,1-4H3. The average Bonchev–Trinajstić information content (AvgIpc) is 2.74. The normalized spacial score (nSPS) is 15.0. The molecule has 0 radical (unpaired) electrons. The number of aromatic nitrogens is 2. The van der Waals surface area contributed by atoms with Gasteiger partial charge in [0.1, 0.15) is 6.61 Å². The third-order valence-corrected chi connectivity index (χ3v) is 2.58. The lowest BCUT2D eigenvalue weighted by Crippen LogP contribution is -2.30. The SMILES string of the molecule is CCNC(C)C(C)c1nc(COCC)no1. The molecule has 0 aliphatic carbocycles. The first-order valence-corrected chi connectivity index (χ1v) is 5.82. The molecule has 0 aliphatic heterocycles. The van der Waals surface area contributed by atoms with E-state index in [-0.39, 0.29) is 5.92 Å². The van der Waals surface area contributed by atoms with Crippen molar-refractivity contribution in [3.05, 3.63) is 11.7 Å². The van der Waals surface area contributed by atoms with Gasteiger partial charge >= 0.3 is 0 Å². The van der Waals surface area contributed by atoms with Crippen LogP contribution >= 0.6 is 0 Å². The molecule has 0 aromatic carbocycles. The molecule has 1 aromatic rings. The fourth-order valence-corrected chi connectivity index (χ4v) is 1.42. The second-order valence-corrected chi connectivity index (χ2v) is 3.82. The van der Waals surface area contributed by atoms with E-state index in [9.17, 15) is 0 Å².